The first-order valence-corrected chi connectivity index (χ1v) is 6.01. The first kappa shape index (κ1) is 12.4. The minimum atomic E-state index is 0.0725. The molecular formula is C16H16O2. The normalized spacial score (nSPS) is 13.9. The Balaban J connectivity index is 1.94. The van der Waals surface area contributed by atoms with Crippen molar-refractivity contribution in [1.82, 2.24) is 0 Å². The number of benzene rings is 1. The van der Waals surface area contributed by atoms with Gasteiger partial charge in [-0.25, -0.2) is 0 Å². The lowest BCUT2D eigenvalue weighted by atomic mass is 10.1. The van der Waals surface area contributed by atoms with Crippen molar-refractivity contribution in [2.45, 2.75) is 13.3 Å². The van der Waals surface area contributed by atoms with Crippen LogP contribution in [0.4, 0.5) is 0 Å². The van der Waals surface area contributed by atoms with E-state index in [9.17, 15) is 4.79 Å². The van der Waals surface area contributed by atoms with Gasteiger partial charge in [0.05, 0.1) is 0 Å². The van der Waals surface area contributed by atoms with Crippen molar-refractivity contribution >= 4 is 5.78 Å². The molecule has 1 aliphatic carbocycles. The van der Waals surface area contributed by atoms with Crippen LogP contribution in [0.25, 0.3) is 0 Å². The predicted octanol–water partition coefficient (Wildman–Crippen LogP) is 3.71. The molecule has 1 aromatic carbocycles. The van der Waals surface area contributed by atoms with Crippen LogP contribution in [0.5, 0.6) is 5.75 Å². The molecule has 0 saturated heterocycles. The first-order chi connectivity index (χ1) is 8.75. The van der Waals surface area contributed by atoms with Crippen molar-refractivity contribution in [3.8, 4) is 5.75 Å². The molecule has 0 heterocycles. The second-order valence-corrected chi connectivity index (χ2v) is 4.21. The lowest BCUT2D eigenvalue weighted by molar-refractivity contribution is 0.101. The molecule has 0 amide bonds. The van der Waals surface area contributed by atoms with Gasteiger partial charge in [0.25, 0.3) is 0 Å². The SMILES string of the molecule is CC(=O)c1ccc(OCC2=CC=CC=CC2)cc1. The summed E-state index contributed by atoms with van der Waals surface area (Å²) in [6.45, 7) is 2.14. The Labute approximate surface area is 107 Å². The molecule has 0 spiro atoms. The van der Waals surface area contributed by atoms with Gasteiger partial charge >= 0.3 is 0 Å². The number of ether oxygens (including phenoxy) is 1. The van der Waals surface area contributed by atoms with Crippen molar-refractivity contribution in [3.63, 3.8) is 0 Å². The van der Waals surface area contributed by atoms with E-state index in [2.05, 4.69) is 12.2 Å². The maximum Gasteiger partial charge on any atom is 0.159 e. The van der Waals surface area contributed by atoms with Crippen molar-refractivity contribution in [1.29, 1.82) is 0 Å². The number of carbonyl (C=O) groups is 1. The molecule has 2 nitrogen and oxygen atoms in total. The minimum absolute atomic E-state index is 0.0725. The Hall–Kier alpha value is -2.09. The summed E-state index contributed by atoms with van der Waals surface area (Å²) in [6, 6.07) is 7.25. The molecule has 18 heavy (non-hydrogen) atoms. The summed E-state index contributed by atoms with van der Waals surface area (Å²) in [5.41, 5.74) is 1.94. The van der Waals surface area contributed by atoms with E-state index in [1.165, 1.54) is 5.57 Å². The van der Waals surface area contributed by atoms with E-state index in [-0.39, 0.29) is 5.78 Å². The van der Waals surface area contributed by atoms with Crippen molar-refractivity contribution < 1.29 is 9.53 Å². The second kappa shape index (κ2) is 6.01. The van der Waals surface area contributed by atoms with Crippen LogP contribution in [0.2, 0.25) is 0 Å². The Morgan fingerprint density at radius 3 is 2.67 bits per heavy atom. The van der Waals surface area contributed by atoms with Crippen LogP contribution in [0.1, 0.15) is 23.7 Å². The van der Waals surface area contributed by atoms with E-state index in [1.54, 1.807) is 19.1 Å². The van der Waals surface area contributed by atoms with Gasteiger partial charge in [-0.05, 0) is 43.2 Å². The Morgan fingerprint density at radius 1 is 1.17 bits per heavy atom. The average Bonchev–Trinajstić information content (AvgIpc) is 2.65. The van der Waals surface area contributed by atoms with Gasteiger partial charge in [0, 0.05) is 5.56 Å². The molecule has 0 unspecified atom stereocenters. The zero-order chi connectivity index (χ0) is 12.8. The number of rotatable bonds is 4. The highest BCUT2D eigenvalue weighted by molar-refractivity contribution is 5.94. The molecule has 0 radical (unpaired) electrons. The second-order valence-electron chi connectivity index (χ2n) is 4.21. The van der Waals surface area contributed by atoms with Crippen LogP contribution in [-0.4, -0.2) is 12.4 Å². The summed E-state index contributed by atoms with van der Waals surface area (Å²) in [5.74, 6) is 0.862. The molecule has 0 aromatic heterocycles. The maximum atomic E-state index is 11.1. The molecule has 0 bridgehead atoms. The van der Waals surface area contributed by atoms with Gasteiger partial charge in [0.15, 0.2) is 5.78 Å². The van der Waals surface area contributed by atoms with Gasteiger partial charge in [0.1, 0.15) is 12.4 Å². The smallest absolute Gasteiger partial charge is 0.159 e. The number of Topliss-reactive ketones (excluding diaryl/α,β-unsaturated/α-hetero) is 1. The van der Waals surface area contributed by atoms with Crippen LogP contribution in [0.3, 0.4) is 0 Å². The van der Waals surface area contributed by atoms with Crippen LogP contribution < -0.4 is 4.74 Å². The molecule has 2 heteroatoms. The topological polar surface area (TPSA) is 26.3 Å². The molecule has 2 rings (SSSR count). The number of ketones is 1. The Kier molecular flexibility index (Phi) is 4.13. The quantitative estimate of drug-likeness (QED) is 0.750. The summed E-state index contributed by atoms with van der Waals surface area (Å²) < 4.78 is 5.69. The fourth-order valence-corrected chi connectivity index (χ4v) is 1.69. The van der Waals surface area contributed by atoms with Gasteiger partial charge in [-0.1, -0.05) is 30.4 Å². The van der Waals surface area contributed by atoms with Gasteiger partial charge < -0.3 is 4.74 Å². The van der Waals surface area contributed by atoms with E-state index in [4.69, 9.17) is 4.74 Å². The average molecular weight is 240 g/mol. The fraction of sp³-hybridized carbons (Fsp3) is 0.188. The van der Waals surface area contributed by atoms with E-state index >= 15 is 0 Å². The summed E-state index contributed by atoms with van der Waals surface area (Å²) in [5, 5.41) is 0. The fourth-order valence-electron chi connectivity index (χ4n) is 1.69. The minimum Gasteiger partial charge on any atom is -0.489 e. The van der Waals surface area contributed by atoms with Crippen LogP contribution in [0.15, 0.2) is 60.2 Å². The molecule has 1 aromatic rings. The number of hydrogen-bond acceptors (Lipinski definition) is 2. The largest absolute Gasteiger partial charge is 0.489 e. The maximum absolute atomic E-state index is 11.1. The van der Waals surface area contributed by atoms with Crippen molar-refractivity contribution in [2.24, 2.45) is 0 Å². The Bertz CT molecular complexity index is 504. The van der Waals surface area contributed by atoms with Gasteiger partial charge in [0.2, 0.25) is 0 Å². The number of allylic oxidation sites excluding steroid dienone is 5. The van der Waals surface area contributed by atoms with E-state index in [1.807, 2.05) is 30.4 Å². The third-order valence-corrected chi connectivity index (χ3v) is 2.76. The van der Waals surface area contributed by atoms with E-state index in [0.29, 0.717) is 12.2 Å². The van der Waals surface area contributed by atoms with Crippen LogP contribution >= 0.6 is 0 Å². The van der Waals surface area contributed by atoms with Crippen molar-refractivity contribution in [3.05, 3.63) is 65.8 Å². The highest BCUT2D eigenvalue weighted by atomic mass is 16.5. The molecular weight excluding hydrogens is 224 g/mol. The lowest BCUT2D eigenvalue weighted by Crippen LogP contribution is -2.01. The molecule has 92 valence electrons. The number of carbonyl (C=O) groups excluding carboxylic acids is 1. The third-order valence-electron chi connectivity index (χ3n) is 2.76. The van der Waals surface area contributed by atoms with Crippen molar-refractivity contribution in [2.75, 3.05) is 6.61 Å². The standard InChI is InChI=1S/C16H16O2/c1-13(17)15-8-10-16(11-9-15)18-12-14-6-4-2-3-5-7-14/h2-6,8-11H,7,12H2,1H3. The molecule has 0 fully saturated rings. The van der Waals surface area contributed by atoms with Gasteiger partial charge in [-0.3, -0.25) is 4.79 Å². The highest BCUT2D eigenvalue weighted by Crippen LogP contribution is 2.15. The van der Waals surface area contributed by atoms with Gasteiger partial charge in [-0.2, -0.15) is 0 Å². The summed E-state index contributed by atoms with van der Waals surface area (Å²) in [7, 11) is 0. The van der Waals surface area contributed by atoms with Crippen LogP contribution in [-0.2, 0) is 0 Å². The van der Waals surface area contributed by atoms with E-state index in [0.717, 1.165) is 12.2 Å². The molecule has 1 aliphatic rings. The summed E-state index contributed by atoms with van der Waals surface area (Å²) >= 11 is 0. The van der Waals surface area contributed by atoms with Gasteiger partial charge in [-0.15, -0.1) is 0 Å². The van der Waals surface area contributed by atoms with E-state index < -0.39 is 0 Å². The zero-order valence-corrected chi connectivity index (χ0v) is 10.4. The molecule has 0 aliphatic heterocycles. The Morgan fingerprint density at radius 2 is 1.94 bits per heavy atom. The highest BCUT2D eigenvalue weighted by Gasteiger charge is 2.01. The first-order valence-electron chi connectivity index (χ1n) is 6.01. The molecule has 0 saturated carbocycles. The summed E-state index contributed by atoms with van der Waals surface area (Å²) in [4.78, 5) is 11.1. The molecule has 0 atom stereocenters. The van der Waals surface area contributed by atoms with Crippen LogP contribution in [0, 0.1) is 0 Å². The number of hydrogen-bond donors (Lipinski definition) is 0. The zero-order valence-electron chi connectivity index (χ0n) is 10.4. The third kappa shape index (κ3) is 3.45. The molecule has 0 N–H and O–H groups in total. The lowest BCUT2D eigenvalue weighted by Gasteiger charge is -2.08. The summed E-state index contributed by atoms with van der Waals surface area (Å²) in [6.07, 6.45) is 11.2. The monoisotopic (exact) mass is 240 g/mol. The predicted molar refractivity (Wildman–Crippen MR) is 72.9 cm³/mol.